The van der Waals surface area contributed by atoms with E-state index in [1.54, 1.807) is 0 Å². The number of ether oxygens (including phenoxy) is 1. The molecule has 3 rings (SSSR count). The Hall–Kier alpha value is -3.61. The van der Waals surface area contributed by atoms with Gasteiger partial charge in [-0.25, -0.2) is 0 Å². The lowest BCUT2D eigenvalue weighted by Gasteiger charge is -2.08. The third-order valence-electron chi connectivity index (χ3n) is 3.78. The summed E-state index contributed by atoms with van der Waals surface area (Å²) in [5.74, 6) is -1.53. The van der Waals surface area contributed by atoms with Crippen LogP contribution in [0.15, 0.2) is 60.7 Å². The number of rotatable bonds is 7. The lowest BCUT2D eigenvalue weighted by Crippen LogP contribution is -2.19. The van der Waals surface area contributed by atoms with E-state index in [0.717, 1.165) is 11.1 Å². The molecule has 0 aliphatic heterocycles. The third-order valence-corrected chi connectivity index (χ3v) is 3.78. The summed E-state index contributed by atoms with van der Waals surface area (Å²) >= 11 is 0. The quantitative estimate of drug-likeness (QED) is 0.675. The zero-order valence-corrected chi connectivity index (χ0v) is 14.0. The fourth-order valence-electron chi connectivity index (χ4n) is 2.58. The molecule has 0 atom stereocenters. The second kappa shape index (κ2) is 7.52. The molecule has 1 aromatic heterocycles. The summed E-state index contributed by atoms with van der Waals surface area (Å²) in [6.45, 7) is 0.409. The number of hydrogen-bond acceptors (Lipinski definition) is 4. The Labute approximate surface area is 150 Å². The van der Waals surface area contributed by atoms with Crippen LogP contribution in [0.4, 0.5) is 0 Å². The molecule has 4 N–H and O–H groups in total. The Morgan fingerprint density at radius 2 is 1.46 bits per heavy atom. The van der Waals surface area contributed by atoms with Crippen molar-refractivity contribution in [1.82, 2.24) is 9.78 Å². The molecule has 2 aromatic carbocycles. The number of nitrogens with zero attached hydrogens (tertiary/aromatic N) is 2. The first kappa shape index (κ1) is 17.2. The highest BCUT2D eigenvalue weighted by Gasteiger charge is 2.26. The maximum absolute atomic E-state index is 12.0. The van der Waals surface area contributed by atoms with Crippen molar-refractivity contribution in [2.75, 3.05) is 0 Å². The van der Waals surface area contributed by atoms with Gasteiger partial charge in [0.15, 0.2) is 17.1 Å². The van der Waals surface area contributed by atoms with Gasteiger partial charge in [-0.1, -0.05) is 60.7 Å². The molecular formula is C19H18N4O3. The fourth-order valence-corrected chi connectivity index (χ4v) is 2.58. The van der Waals surface area contributed by atoms with Crippen molar-refractivity contribution in [2.45, 2.75) is 13.2 Å². The highest BCUT2D eigenvalue weighted by atomic mass is 16.5. The first-order valence-electron chi connectivity index (χ1n) is 7.97. The molecule has 0 spiro atoms. The average molecular weight is 350 g/mol. The van der Waals surface area contributed by atoms with Gasteiger partial charge >= 0.3 is 0 Å². The number of benzene rings is 2. The van der Waals surface area contributed by atoms with Crippen LogP contribution in [0.1, 0.15) is 32.1 Å². The number of amides is 2. The van der Waals surface area contributed by atoms with Crippen LogP contribution in [-0.2, 0) is 13.2 Å². The molecule has 1 heterocycles. The van der Waals surface area contributed by atoms with Gasteiger partial charge in [0.05, 0.1) is 6.54 Å². The van der Waals surface area contributed by atoms with Gasteiger partial charge in [-0.3, -0.25) is 14.3 Å². The number of carbonyl (C=O) groups excluding carboxylic acids is 2. The topological polar surface area (TPSA) is 113 Å². The summed E-state index contributed by atoms with van der Waals surface area (Å²) in [4.78, 5) is 23.8. The van der Waals surface area contributed by atoms with Crippen molar-refractivity contribution in [2.24, 2.45) is 11.5 Å². The Morgan fingerprint density at radius 3 is 2.00 bits per heavy atom. The Kier molecular flexibility index (Phi) is 4.98. The first-order valence-corrected chi connectivity index (χ1v) is 7.97. The molecule has 0 saturated heterocycles. The summed E-state index contributed by atoms with van der Waals surface area (Å²) in [5, 5.41) is 4.15. The van der Waals surface area contributed by atoms with E-state index < -0.39 is 11.8 Å². The first-order chi connectivity index (χ1) is 12.6. The van der Waals surface area contributed by atoms with Crippen molar-refractivity contribution >= 4 is 11.8 Å². The normalized spacial score (nSPS) is 10.5. The van der Waals surface area contributed by atoms with Crippen molar-refractivity contribution < 1.29 is 14.3 Å². The second-order valence-electron chi connectivity index (χ2n) is 5.67. The molecule has 0 saturated carbocycles. The zero-order valence-electron chi connectivity index (χ0n) is 14.0. The standard InChI is InChI=1S/C19H18N4O3/c20-18(24)15-17(26-12-14-9-5-2-6-10-14)16(19(21)25)23(22-15)11-13-7-3-1-4-8-13/h1-10H,11-12H2,(H2,20,24)(H2,21,25). The SMILES string of the molecule is NC(=O)c1nn(Cc2ccccc2)c(C(N)=O)c1OCc1ccccc1. The van der Waals surface area contributed by atoms with Gasteiger partial charge in [-0.15, -0.1) is 0 Å². The van der Waals surface area contributed by atoms with Crippen LogP contribution < -0.4 is 16.2 Å². The van der Waals surface area contributed by atoms with Crippen LogP contribution in [0.2, 0.25) is 0 Å². The van der Waals surface area contributed by atoms with Crippen molar-refractivity contribution in [3.63, 3.8) is 0 Å². The molecule has 0 bridgehead atoms. The minimum absolute atomic E-state index is 0.00443. The van der Waals surface area contributed by atoms with E-state index in [2.05, 4.69) is 5.10 Å². The predicted molar refractivity (Wildman–Crippen MR) is 95.6 cm³/mol. The summed E-state index contributed by atoms with van der Waals surface area (Å²) in [6, 6.07) is 18.7. The maximum Gasteiger partial charge on any atom is 0.273 e. The van der Waals surface area contributed by atoms with Crippen molar-refractivity contribution in [1.29, 1.82) is 0 Å². The monoisotopic (exact) mass is 350 g/mol. The number of carbonyl (C=O) groups is 2. The number of aromatic nitrogens is 2. The van der Waals surface area contributed by atoms with E-state index in [1.807, 2.05) is 60.7 Å². The maximum atomic E-state index is 12.0. The van der Waals surface area contributed by atoms with E-state index in [0.29, 0.717) is 0 Å². The van der Waals surface area contributed by atoms with E-state index in [4.69, 9.17) is 16.2 Å². The van der Waals surface area contributed by atoms with E-state index in [1.165, 1.54) is 4.68 Å². The third kappa shape index (κ3) is 3.72. The Bertz CT molecular complexity index is 921. The number of hydrogen-bond donors (Lipinski definition) is 2. The molecule has 0 aliphatic carbocycles. The predicted octanol–water partition coefficient (Wildman–Crippen LogP) is 1.71. The van der Waals surface area contributed by atoms with E-state index in [-0.39, 0.29) is 30.3 Å². The molecule has 0 unspecified atom stereocenters. The minimum Gasteiger partial charge on any atom is -0.484 e. The summed E-state index contributed by atoms with van der Waals surface area (Å²) in [5.41, 5.74) is 12.6. The Balaban J connectivity index is 1.98. The van der Waals surface area contributed by atoms with Crippen molar-refractivity contribution in [3.8, 4) is 5.75 Å². The van der Waals surface area contributed by atoms with Crippen LogP contribution in [0.25, 0.3) is 0 Å². The highest BCUT2D eigenvalue weighted by Crippen LogP contribution is 2.25. The molecule has 7 heteroatoms. The summed E-state index contributed by atoms with van der Waals surface area (Å²) in [7, 11) is 0. The van der Waals surface area contributed by atoms with Gasteiger partial charge in [0.1, 0.15) is 6.61 Å². The average Bonchev–Trinajstić information content (AvgIpc) is 3.00. The van der Waals surface area contributed by atoms with Crippen LogP contribution in [0.5, 0.6) is 5.75 Å². The summed E-state index contributed by atoms with van der Waals surface area (Å²) < 4.78 is 7.06. The lowest BCUT2D eigenvalue weighted by atomic mass is 10.2. The minimum atomic E-state index is -0.789. The highest BCUT2D eigenvalue weighted by molar-refractivity contribution is 6.01. The van der Waals surface area contributed by atoms with Gasteiger partial charge in [0.2, 0.25) is 0 Å². The molecule has 2 amide bonds. The number of primary amides is 2. The molecular weight excluding hydrogens is 332 g/mol. The van der Waals surface area contributed by atoms with Crippen molar-refractivity contribution in [3.05, 3.63) is 83.2 Å². The van der Waals surface area contributed by atoms with Gasteiger partial charge < -0.3 is 16.2 Å². The van der Waals surface area contributed by atoms with Gasteiger partial charge in [-0.2, -0.15) is 5.10 Å². The molecule has 132 valence electrons. The van der Waals surface area contributed by atoms with Crippen LogP contribution in [-0.4, -0.2) is 21.6 Å². The largest absolute Gasteiger partial charge is 0.484 e. The van der Waals surface area contributed by atoms with Crippen LogP contribution in [0, 0.1) is 0 Å². The van der Waals surface area contributed by atoms with Crippen LogP contribution in [0.3, 0.4) is 0 Å². The van der Waals surface area contributed by atoms with E-state index in [9.17, 15) is 9.59 Å². The van der Waals surface area contributed by atoms with Gasteiger partial charge in [-0.05, 0) is 11.1 Å². The second-order valence-corrected chi connectivity index (χ2v) is 5.67. The molecule has 3 aromatic rings. The lowest BCUT2D eigenvalue weighted by molar-refractivity contribution is 0.0984. The number of nitrogens with two attached hydrogens (primary N) is 2. The van der Waals surface area contributed by atoms with Gasteiger partial charge in [0, 0.05) is 0 Å². The molecule has 0 aliphatic rings. The molecule has 0 fully saturated rings. The van der Waals surface area contributed by atoms with Gasteiger partial charge in [0.25, 0.3) is 11.8 Å². The molecule has 26 heavy (non-hydrogen) atoms. The van der Waals surface area contributed by atoms with E-state index >= 15 is 0 Å². The molecule has 7 nitrogen and oxygen atoms in total. The Morgan fingerprint density at radius 1 is 0.885 bits per heavy atom. The summed E-state index contributed by atoms with van der Waals surface area (Å²) in [6.07, 6.45) is 0. The smallest absolute Gasteiger partial charge is 0.273 e. The fraction of sp³-hybridized carbons (Fsp3) is 0.105. The van der Waals surface area contributed by atoms with Crippen LogP contribution >= 0.6 is 0 Å². The zero-order chi connectivity index (χ0) is 18.5. The molecule has 0 radical (unpaired) electrons.